The molecule has 6 heteroatoms. The number of aliphatic hydroxyl groups is 1. The van der Waals surface area contributed by atoms with E-state index in [1.165, 1.54) is 0 Å². The van der Waals surface area contributed by atoms with Crippen LogP contribution in [0.1, 0.15) is 19.3 Å². The van der Waals surface area contributed by atoms with Gasteiger partial charge in [-0.05, 0) is 25.2 Å². The molecule has 0 aromatic heterocycles. The second kappa shape index (κ2) is 4.18. The molecule has 2 saturated carbocycles. The molecule has 0 spiro atoms. The van der Waals surface area contributed by atoms with Gasteiger partial charge in [0.1, 0.15) is 0 Å². The van der Waals surface area contributed by atoms with Crippen molar-refractivity contribution in [3.63, 3.8) is 0 Å². The maximum absolute atomic E-state index is 11.5. The standard InChI is InChI=1S/C10H15NO4S/c12-5-1-2-7-6-9(7)10(13)11-16(14,15)8-3-4-8/h1-2,7-9,12H,3-6H2,(H,11,13)/b2-1-/t7-,9+/m1/s1. The van der Waals surface area contributed by atoms with E-state index in [0.717, 1.165) is 0 Å². The molecule has 2 aliphatic rings. The van der Waals surface area contributed by atoms with Gasteiger partial charge < -0.3 is 5.11 Å². The summed E-state index contributed by atoms with van der Waals surface area (Å²) in [4.78, 5) is 11.5. The molecule has 0 radical (unpaired) electrons. The molecule has 0 saturated heterocycles. The van der Waals surface area contributed by atoms with Crippen LogP contribution in [0.2, 0.25) is 0 Å². The van der Waals surface area contributed by atoms with Crippen LogP contribution in [0.5, 0.6) is 0 Å². The molecule has 0 unspecified atom stereocenters. The lowest BCUT2D eigenvalue weighted by atomic mass is 10.3. The largest absolute Gasteiger partial charge is 0.392 e. The minimum atomic E-state index is -3.41. The molecule has 0 heterocycles. The smallest absolute Gasteiger partial charge is 0.237 e. The summed E-state index contributed by atoms with van der Waals surface area (Å²) in [5, 5.41) is 8.19. The molecule has 1 amide bonds. The summed E-state index contributed by atoms with van der Waals surface area (Å²) >= 11 is 0. The highest BCUT2D eigenvalue weighted by Gasteiger charge is 2.44. The highest BCUT2D eigenvalue weighted by atomic mass is 32.2. The number of amides is 1. The maximum Gasteiger partial charge on any atom is 0.237 e. The van der Waals surface area contributed by atoms with Crippen molar-refractivity contribution in [1.82, 2.24) is 4.72 Å². The van der Waals surface area contributed by atoms with Gasteiger partial charge >= 0.3 is 0 Å². The second-order valence-electron chi connectivity index (χ2n) is 4.33. The Balaban J connectivity index is 1.84. The van der Waals surface area contributed by atoms with Gasteiger partial charge in [0.25, 0.3) is 0 Å². The summed E-state index contributed by atoms with van der Waals surface area (Å²) in [6.07, 6.45) is 5.31. The zero-order valence-electron chi connectivity index (χ0n) is 8.80. The minimum Gasteiger partial charge on any atom is -0.392 e. The number of carbonyl (C=O) groups excluding carboxylic acids is 1. The van der Waals surface area contributed by atoms with E-state index >= 15 is 0 Å². The lowest BCUT2D eigenvalue weighted by molar-refractivity contribution is -0.120. The quantitative estimate of drug-likeness (QED) is 0.656. The van der Waals surface area contributed by atoms with Gasteiger partial charge in [0.05, 0.1) is 11.9 Å². The summed E-state index contributed by atoms with van der Waals surface area (Å²) in [6.45, 7) is -0.0504. The van der Waals surface area contributed by atoms with Crippen molar-refractivity contribution in [1.29, 1.82) is 0 Å². The Morgan fingerprint density at radius 3 is 2.69 bits per heavy atom. The molecule has 90 valence electrons. The molecule has 2 atom stereocenters. The summed E-state index contributed by atoms with van der Waals surface area (Å²) in [5.41, 5.74) is 0. The van der Waals surface area contributed by atoms with Crippen molar-refractivity contribution in [2.75, 3.05) is 6.61 Å². The maximum atomic E-state index is 11.5. The van der Waals surface area contributed by atoms with Gasteiger partial charge in [0, 0.05) is 5.92 Å². The molecule has 2 N–H and O–H groups in total. The number of aliphatic hydroxyl groups excluding tert-OH is 1. The fraction of sp³-hybridized carbons (Fsp3) is 0.700. The first-order valence-electron chi connectivity index (χ1n) is 5.37. The number of rotatable bonds is 5. The van der Waals surface area contributed by atoms with E-state index < -0.39 is 15.9 Å². The van der Waals surface area contributed by atoms with Gasteiger partial charge in [0.15, 0.2) is 0 Å². The van der Waals surface area contributed by atoms with E-state index in [1.54, 1.807) is 12.2 Å². The van der Waals surface area contributed by atoms with Crippen molar-refractivity contribution in [2.45, 2.75) is 24.5 Å². The van der Waals surface area contributed by atoms with Crippen LogP contribution in [-0.4, -0.2) is 31.3 Å². The number of carbonyl (C=O) groups is 1. The van der Waals surface area contributed by atoms with Crippen molar-refractivity contribution < 1.29 is 18.3 Å². The normalized spacial score (nSPS) is 29.3. The van der Waals surface area contributed by atoms with Gasteiger partial charge in [0.2, 0.25) is 15.9 Å². The fourth-order valence-corrected chi connectivity index (χ4v) is 3.00. The average molecular weight is 245 g/mol. The summed E-state index contributed by atoms with van der Waals surface area (Å²) in [5.74, 6) is -0.558. The lowest BCUT2D eigenvalue weighted by Gasteiger charge is -2.03. The number of sulfonamides is 1. The Kier molecular flexibility index (Phi) is 3.03. The van der Waals surface area contributed by atoms with E-state index in [4.69, 9.17) is 5.11 Å². The topological polar surface area (TPSA) is 83.5 Å². The van der Waals surface area contributed by atoms with E-state index in [9.17, 15) is 13.2 Å². The SMILES string of the molecule is O=C(NS(=O)(=O)C1CC1)[C@H]1C[C@H]1/C=C\CO. The van der Waals surface area contributed by atoms with Crippen LogP contribution < -0.4 is 4.72 Å². The predicted octanol–water partition coefficient (Wildman–Crippen LogP) is -0.221. The summed E-state index contributed by atoms with van der Waals surface area (Å²) in [6, 6.07) is 0. The highest BCUT2D eigenvalue weighted by Crippen LogP contribution is 2.40. The molecule has 0 aromatic rings. The number of allylic oxidation sites excluding steroid dienone is 1. The van der Waals surface area contributed by atoms with Crippen molar-refractivity contribution in [3.05, 3.63) is 12.2 Å². The van der Waals surface area contributed by atoms with Crippen LogP contribution in [0.15, 0.2) is 12.2 Å². The van der Waals surface area contributed by atoms with E-state index in [-0.39, 0.29) is 23.7 Å². The molecule has 2 aliphatic carbocycles. The third-order valence-electron chi connectivity index (χ3n) is 2.87. The first-order valence-corrected chi connectivity index (χ1v) is 6.92. The number of nitrogens with one attached hydrogen (secondary N) is 1. The molecular weight excluding hydrogens is 230 g/mol. The van der Waals surface area contributed by atoms with Crippen molar-refractivity contribution >= 4 is 15.9 Å². The van der Waals surface area contributed by atoms with Crippen LogP contribution in [0.3, 0.4) is 0 Å². The van der Waals surface area contributed by atoms with E-state index in [1.807, 2.05) is 0 Å². The summed E-state index contributed by atoms with van der Waals surface area (Å²) in [7, 11) is -3.41. The zero-order valence-corrected chi connectivity index (χ0v) is 9.61. The van der Waals surface area contributed by atoms with Crippen molar-refractivity contribution in [3.8, 4) is 0 Å². The number of hydrogen-bond donors (Lipinski definition) is 2. The molecule has 2 rings (SSSR count). The molecule has 0 aromatic carbocycles. The molecule has 5 nitrogen and oxygen atoms in total. The van der Waals surface area contributed by atoms with Crippen LogP contribution >= 0.6 is 0 Å². The van der Waals surface area contributed by atoms with E-state index in [2.05, 4.69) is 4.72 Å². The lowest BCUT2D eigenvalue weighted by Crippen LogP contribution is -2.34. The first-order chi connectivity index (χ1) is 7.54. The monoisotopic (exact) mass is 245 g/mol. The third-order valence-corrected chi connectivity index (χ3v) is 4.71. The third kappa shape index (κ3) is 2.62. The zero-order chi connectivity index (χ0) is 11.8. The Morgan fingerprint density at radius 2 is 2.12 bits per heavy atom. The molecular formula is C10H15NO4S. The Hall–Kier alpha value is -0.880. The van der Waals surface area contributed by atoms with Gasteiger partial charge in [-0.15, -0.1) is 0 Å². The Morgan fingerprint density at radius 1 is 1.44 bits per heavy atom. The Labute approximate surface area is 94.6 Å². The highest BCUT2D eigenvalue weighted by molar-refractivity contribution is 7.90. The fourth-order valence-electron chi connectivity index (χ4n) is 1.64. The molecule has 0 aliphatic heterocycles. The second-order valence-corrected chi connectivity index (χ2v) is 6.29. The average Bonchev–Trinajstić information content (AvgIpc) is 3.04. The van der Waals surface area contributed by atoms with Gasteiger partial charge in [-0.25, -0.2) is 8.42 Å². The number of hydrogen-bond acceptors (Lipinski definition) is 4. The predicted molar refractivity (Wildman–Crippen MR) is 57.9 cm³/mol. The van der Waals surface area contributed by atoms with Gasteiger partial charge in [-0.1, -0.05) is 12.2 Å². The molecule has 2 fully saturated rings. The van der Waals surface area contributed by atoms with Crippen LogP contribution in [0, 0.1) is 11.8 Å². The Bertz CT molecular complexity index is 411. The van der Waals surface area contributed by atoms with E-state index in [0.29, 0.717) is 19.3 Å². The first kappa shape index (κ1) is 11.6. The minimum absolute atomic E-state index is 0.0504. The summed E-state index contributed by atoms with van der Waals surface area (Å²) < 4.78 is 25.1. The van der Waals surface area contributed by atoms with Crippen LogP contribution in [0.4, 0.5) is 0 Å². The van der Waals surface area contributed by atoms with Crippen LogP contribution in [-0.2, 0) is 14.8 Å². The van der Waals surface area contributed by atoms with Gasteiger partial charge in [-0.2, -0.15) is 0 Å². The molecule has 0 bridgehead atoms. The van der Waals surface area contributed by atoms with Crippen molar-refractivity contribution in [2.24, 2.45) is 11.8 Å². The van der Waals surface area contributed by atoms with Crippen LogP contribution in [0.25, 0.3) is 0 Å². The van der Waals surface area contributed by atoms with Gasteiger partial charge in [-0.3, -0.25) is 9.52 Å². The molecule has 16 heavy (non-hydrogen) atoms.